The van der Waals surface area contributed by atoms with E-state index in [4.69, 9.17) is 4.98 Å². The number of nitrogens with zero attached hydrogens (tertiary/aromatic N) is 3. The fourth-order valence-corrected chi connectivity index (χ4v) is 3.77. The topological polar surface area (TPSA) is 59.8 Å². The largest absolute Gasteiger partial charge is 0.349 e. The molecular weight excluding hydrogens is 324 g/mol. The van der Waals surface area contributed by atoms with E-state index in [0.29, 0.717) is 11.6 Å². The van der Waals surface area contributed by atoms with Gasteiger partial charge in [-0.3, -0.25) is 9.48 Å². The number of carbonyl (C=O) groups is 1. The summed E-state index contributed by atoms with van der Waals surface area (Å²) in [5, 5.41) is 8.62. The number of fused-ring (bicyclic) bond motifs is 1. The molecular formula is C21H24N4O. The van der Waals surface area contributed by atoms with Crippen molar-refractivity contribution in [1.82, 2.24) is 20.1 Å². The molecule has 4 rings (SSSR count). The molecule has 0 bridgehead atoms. The van der Waals surface area contributed by atoms with E-state index in [0.717, 1.165) is 47.2 Å². The van der Waals surface area contributed by atoms with Crippen LogP contribution in [0.3, 0.4) is 0 Å². The van der Waals surface area contributed by atoms with Gasteiger partial charge in [-0.25, -0.2) is 4.98 Å². The Morgan fingerprint density at radius 2 is 2.04 bits per heavy atom. The predicted molar refractivity (Wildman–Crippen MR) is 103 cm³/mol. The molecule has 0 spiro atoms. The van der Waals surface area contributed by atoms with Crippen LogP contribution in [0.2, 0.25) is 0 Å². The number of hydrogen-bond acceptors (Lipinski definition) is 3. The van der Waals surface area contributed by atoms with E-state index in [2.05, 4.69) is 17.3 Å². The van der Waals surface area contributed by atoms with Crippen molar-refractivity contribution in [2.45, 2.75) is 52.1 Å². The van der Waals surface area contributed by atoms with E-state index in [-0.39, 0.29) is 5.91 Å². The van der Waals surface area contributed by atoms with Crippen molar-refractivity contribution in [3.63, 3.8) is 0 Å². The van der Waals surface area contributed by atoms with E-state index < -0.39 is 0 Å². The number of nitrogens with one attached hydrogen (secondary N) is 1. The molecule has 1 aliphatic carbocycles. The summed E-state index contributed by atoms with van der Waals surface area (Å²) in [4.78, 5) is 17.8. The summed E-state index contributed by atoms with van der Waals surface area (Å²) in [6.45, 7) is 4.85. The summed E-state index contributed by atoms with van der Waals surface area (Å²) in [6, 6.07) is 10.1. The van der Waals surface area contributed by atoms with Crippen LogP contribution in [0.1, 0.15) is 48.7 Å². The minimum Gasteiger partial charge on any atom is -0.349 e. The fraction of sp³-hybridized carbons (Fsp3) is 0.381. The molecule has 26 heavy (non-hydrogen) atoms. The molecule has 0 atom stereocenters. The van der Waals surface area contributed by atoms with Gasteiger partial charge in [-0.15, -0.1) is 0 Å². The molecule has 1 amide bonds. The lowest BCUT2D eigenvalue weighted by Crippen LogP contribution is -2.32. The van der Waals surface area contributed by atoms with Crippen molar-refractivity contribution in [3.05, 3.63) is 47.8 Å². The highest BCUT2D eigenvalue weighted by molar-refractivity contribution is 6.07. The summed E-state index contributed by atoms with van der Waals surface area (Å²) in [5.41, 5.74) is 4.24. The molecule has 0 saturated heterocycles. The smallest absolute Gasteiger partial charge is 0.252 e. The molecule has 1 N–H and O–H groups in total. The number of aromatic nitrogens is 3. The van der Waals surface area contributed by atoms with Gasteiger partial charge in [-0.1, -0.05) is 31.0 Å². The van der Waals surface area contributed by atoms with E-state index in [9.17, 15) is 4.79 Å². The lowest BCUT2D eigenvalue weighted by atomic mass is 10.0. The number of rotatable bonds is 4. The highest BCUT2D eigenvalue weighted by atomic mass is 16.1. The van der Waals surface area contributed by atoms with Gasteiger partial charge in [0.05, 0.1) is 22.5 Å². The zero-order valence-electron chi connectivity index (χ0n) is 15.3. The molecule has 1 fully saturated rings. The van der Waals surface area contributed by atoms with Crippen LogP contribution in [-0.4, -0.2) is 26.7 Å². The van der Waals surface area contributed by atoms with Crippen LogP contribution in [0.25, 0.3) is 22.2 Å². The third-order valence-electron chi connectivity index (χ3n) is 5.20. The predicted octanol–water partition coefficient (Wildman–Crippen LogP) is 4.10. The molecule has 134 valence electrons. The number of aryl methyl sites for hydroxylation is 2. The minimum atomic E-state index is -0.00251. The van der Waals surface area contributed by atoms with Crippen molar-refractivity contribution in [1.29, 1.82) is 0 Å². The zero-order valence-corrected chi connectivity index (χ0v) is 15.3. The van der Waals surface area contributed by atoms with Gasteiger partial charge in [0.2, 0.25) is 0 Å². The van der Waals surface area contributed by atoms with Crippen LogP contribution in [0, 0.1) is 6.92 Å². The van der Waals surface area contributed by atoms with Crippen molar-refractivity contribution in [2.75, 3.05) is 0 Å². The standard InChI is InChI=1S/C21H24N4O/c1-3-25-13-18(14(2)24-25)20-12-17(16-10-6-7-11-19(16)23-20)21(26)22-15-8-4-5-9-15/h6-7,10-13,15H,3-5,8-9H2,1-2H3,(H,22,26). The Morgan fingerprint density at radius 1 is 1.27 bits per heavy atom. The maximum atomic E-state index is 13.0. The first-order chi connectivity index (χ1) is 12.7. The van der Waals surface area contributed by atoms with Crippen LogP contribution in [0.15, 0.2) is 36.5 Å². The number of carbonyl (C=O) groups excluding carboxylic acids is 1. The number of pyridine rings is 1. The Hall–Kier alpha value is -2.69. The average Bonchev–Trinajstić information content (AvgIpc) is 3.30. The number of amides is 1. The van der Waals surface area contributed by atoms with Crippen molar-refractivity contribution in [3.8, 4) is 11.3 Å². The molecule has 2 aromatic heterocycles. The van der Waals surface area contributed by atoms with Crippen LogP contribution in [0.5, 0.6) is 0 Å². The van der Waals surface area contributed by atoms with E-state index in [1.807, 2.05) is 48.1 Å². The van der Waals surface area contributed by atoms with E-state index in [1.54, 1.807) is 0 Å². The molecule has 1 aliphatic rings. The Labute approximate surface area is 153 Å². The van der Waals surface area contributed by atoms with Crippen LogP contribution in [0.4, 0.5) is 0 Å². The first kappa shape index (κ1) is 16.8. The molecule has 5 nitrogen and oxygen atoms in total. The molecule has 0 aliphatic heterocycles. The number of para-hydroxylation sites is 1. The maximum absolute atomic E-state index is 13.0. The quantitative estimate of drug-likeness (QED) is 0.772. The summed E-state index contributed by atoms with van der Waals surface area (Å²) < 4.78 is 1.90. The molecule has 2 heterocycles. The zero-order chi connectivity index (χ0) is 18.1. The summed E-state index contributed by atoms with van der Waals surface area (Å²) in [6.07, 6.45) is 6.55. The summed E-state index contributed by atoms with van der Waals surface area (Å²) >= 11 is 0. The third-order valence-corrected chi connectivity index (χ3v) is 5.20. The van der Waals surface area contributed by atoms with Gasteiger partial charge >= 0.3 is 0 Å². The van der Waals surface area contributed by atoms with Gasteiger partial charge in [-0.05, 0) is 38.8 Å². The molecule has 0 unspecified atom stereocenters. The average molecular weight is 348 g/mol. The Balaban J connectivity index is 1.80. The van der Waals surface area contributed by atoms with Crippen LogP contribution in [-0.2, 0) is 6.54 Å². The second-order valence-corrected chi connectivity index (χ2v) is 7.01. The van der Waals surface area contributed by atoms with Gasteiger partial charge in [-0.2, -0.15) is 5.10 Å². The van der Waals surface area contributed by atoms with Gasteiger partial charge < -0.3 is 5.32 Å². The fourth-order valence-electron chi connectivity index (χ4n) is 3.77. The highest BCUT2D eigenvalue weighted by Crippen LogP contribution is 2.27. The summed E-state index contributed by atoms with van der Waals surface area (Å²) in [7, 11) is 0. The lowest BCUT2D eigenvalue weighted by molar-refractivity contribution is 0.0939. The molecule has 5 heteroatoms. The third kappa shape index (κ3) is 3.09. The molecule has 3 aromatic rings. The summed E-state index contributed by atoms with van der Waals surface area (Å²) in [5.74, 6) is -0.00251. The Morgan fingerprint density at radius 3 is 2.77 bits per heavy atom. The van der Waals surface area contributed by atoms with Crippen molar-refractivity contribution in [2.24, 2.45) is 0 Å². The number of hydrogen-bond donors (Lipinski definition) is 1. The Bertz CT molecular complexity index is 954. The minimum absolute atomic E-state index is 0.00251. The SMILES string of the molecule is CCn1cc(-c2cc(C(=O)NC3CCCC3)c3ccccc3n2)c(C)n1. The first-order valence-corrected chi connectivity index (χ1v) is 9.41. The molecule has 1 aromatic carbocycles. The molecule has 1 saturated carbocycles. The lowest BCUT2D eigenvalue weighted by Gasteiger charge is -2.14. The van der Waals surface area contributed by atoms with Crippen molar-refractivity contribution < 1.29 is 4.79 Å². The van der Waals surface area contributed by atoms with Crippen LogP contribution >= 0.6 is 0 Å². The first-order valence-electron chi connectivity index (χ1n) is 9.41. The maximum Gasteiger partial charge on any atom is 0.252 e. The Kier molecular flexibility index (Phi) is 4.45. The second kappa shape index (κ2) is 6.90. The monoisotopic (exact) mass is 348 g/mol. The van der Waals surface area contributed by atoms with E-state index >= 15 is 0 Å². The second-order valence-electron chi connectivity index (χ2n) is 7.01. The number of benzene rings is 1. The normalized spacial score (nSPS) is 14.8. The van der Waals surface area contributed by atoms with Crippen molar-refractivity contribution >= 4 is 16.8 Å². The highest BCUT2D eigenvalue weighted by Gasteiger charge is 2.21. The van der Waals surface area contributed by atoms with E-state index in [1.165, 1.54) is 12.8 Å². The van der Waals surface area contributed by atoms with Crippen LogP contribution < -0.4 is 5.32 Å². The van der Waals surface area contributed by atoms with Gasteiger partial charge in [0.25, 0.3) is 5.91 Å². The molecule has 0 radical (unpaired) electrons. The van der Waals surface area contributed by atoms with Gasteiger partial charge in [0, 0.05) is 29.7 Å². The van der Waals surface area contributed by atoms with Gasteiger partial charge in [0.15, 0.2) is 0 Å². The van der Waals surface area contributed by atoms with Gasteiger partial charge in [0.1, 0.15) is 0 Å².